The number of aromatic carboxylic acids is 1. The summed E-state index contributed by atoms with van der Waals surface area (Å²) in [4.78, 5) is 18.1. The van der Waals surface area contributed by atoms with E-state index in [9.17, 15) is 10.1 Å². The minimum absolute atomic E-state index is 0.0130. The number of aromatic amines is 1. The Morgan fingerprint density at radius 2 is 2.08 bits per heavy atom. The molecule has 0 spiro atoms. The number of carbonyl (C=O) groups is 1. The predicted octanol–water partition coefficient (Wildman–Crippen LogP) is 4.30. The maximum atomic E-state index is 11.1. The van der Waals surface area contributed by atoms with E-state index < -0.39 is 5.97 Å². The molecule has 0 saturated carbocycles. The molecule has 0 radical (unpaired) electrons. The van der Waals surface area contributed by atoms with Crippen molar-refractivity contribution in [1.29, 1.82) is 5.26 Å². The lowest BCUT2D eigenvalue weighted by atomic mass is 10.1. The number of rotatable bonds is 9. The minimum Gasteiger partial charge on any atom is -0.492 e. The second-order valence-corrected chi connectivity index (χ2v) is 5.95. The SMILES string of the molecule is CCCCCCCOc1ccc(-c2nc(C(=O)O)c(C)[nH]2)cc1C#N. The Morgan fingerprint density at radius 1 is 1.32 bits per heavy atom. The van der Waals surface area contributed by atoms with Crippen molar-refractivity contribution in [2.75, 3.05) is 6.61 Å². The monoisotopic (exact) mass is 341 g/mol. The lowest BCUT2D eigenvalue weighted by Gasteiger charge is -2.09. The normalized spacial score (nSPS) is 10.4. The molecule has 0 saturated heterocycles. The van der Waals surface area contributed by atoms with Crippen LogP contribution in [-0.4, -0.2) is 27.7 Å². The quantitative estimate of drug-likeness (QED) is 0.662. The molecule has 2 N–H and O–H groups in total. The number of aryl methyl sites for hydroxylation is 1. The number of carboxylic acids is 1. The molecule has 1 heterocycles. The van der Waals surface area contributed by atoms with Crippen LogP contribution in [-0.2, 0) is 0 Å². The molecule has 0 amide bonds. The van der Waals surface area contributed by atoms with Gasteiger partial charge in [-0.25, -0.2) is 9.78 Å². The number of hydrogen-bond acceptors (Lipinski definition) is 4. The molecule has 132 valence electrons. The number of benzene rings is 1. The van der Waals surface area contributed by atoms with E-state index in [1.165, 1.54) is 19.3 Å². The van der Waals surface area contributed by atoms with E-state index in [2.05, 4.69) is 23.0 Å². The summed E-state index contributed by atoms with van der Waals surface area (Å²) in [6, 6.07) is 7.30. The number of nitrogens with one attached hydrogen (secondary N) is 1. The van der Waals surface area contributed by atoms with Crippen molar-refractivity contribution in [2.45, 2.75) is 46.0 Å². The lowest BCUT2D eigenvalue weighted by Crippen LogP contribution is -2.00. The molecule has 0 unspecified atom stereocenters. The average Bonchev–Trinajstić information content (AvgIpc) is 3.00. The molecule has 25 heavy (non-hydrogen) atoms. The first kappa shape index (κ1) is 18.5. The van der Waals surface area contributed by atoms with Crippen LogP contribution >= 0.6 is 0 Å². The highest BCUT2D eigenvalue weighted by Gasteiger charge is 2.15. The van der Waals surface area contributed by atoms with Crippen LogP contribution in [0.15, 0.2) is 18.2 Å². The number of H-pyrrole nitrogens is 1. The van der Waals surface area contributed by atoms with Crippen molar-refractivity contribution >= 4 is 5.97 Å². The van der Waals surface area contributed by atoms with E-state index in [-0.39, 0.29) is 5.69 Å². The Labute approximate surface area is 147 Å². The Bertz CT molecular complexity index is 775. The van der Waals surface area contributed by atoms with E-state index in [0.717, 1.165) is 12.8 Å². The Balaban J connectivity index is 2.07. The van der Waals surface area contributed by atoms with Crippen LogP contribution in [0.2, 0.25) is 0 Å². The van der Waals surface area contributed by atoms with Crippen molar-refractivity contribution in [1.82, 2.24) is 9.97 Å². The van der Waals surface area contributed by atoms with E-state index >= 15 is 0 Å². The summed E-state index contributed by atoms with van der Waals surface area (Å²) in [5.74, 6) is -0.107. The maximum Gasteiger partial charge on any atom is 0.356 e. The van der Waals surface area contributed by atoms with Crippen LogP contribution in [0.1, 0.15) is 60.8 Å². The van der Waals surface area contributed by atoms with E-state index in [0.29, 0.717) is 35.0 Å². The fourth-order valence-electron chi connectivity index (χ4n) is 2.58. The maximum absolute atomic E-state index is 11.1. The molecule has 6 heteroatoms. The average molecular weight is 341 g/mol. The molecule has 0 aliphatic heterocycles. The summed E-state index contributed by atoms with van der Waals surface area (Å²) < 4.78 is 5.72. The molecular formula is C19H23N3O3. The summed E-state index contributed by atoms with van der Waals surface area (Å²) in [6.45, 7) is 4.42. The molecule has 0 bridgehead atoms. The van der Waals surface area contributed by atoms with Crippen LogP contribution in [0.25, 0.3) is 11.4 Å². The molecule has 2 rings (SSSR count). The van der Waals surface area contributed by atoms with Gasteiger partial charge in [-0.3, -0.25) is 0 Å². The lowest BCUT2D eigenvalue weighted by molar-refractivity contribution is 0.0690. The first-order valence-electron chi connectivity index (χ1n) is 8.54. The van der Waals surface area contributed by atoms with Gasteiger partial charge in [0.25, 0.3) is 0 Å². The standard InChI is InChI=1S/C19H23N3O3/c1-3-4-5-6-7-10-25-16-9-8-14(11-15(16)12-20)18-21-13(2)17(22-18)19(23)24/h8-9,11H,3-7,10H2,1-2H3,(H,21,22)(H,23,24). The number of ether oxygens (including phenoxy) is 1. The van der Waals surface area contributed by atoms with E-state index in [1.54, 1.807) is 25.1 Å². The summed E-state index contributed by atoms with van der Waals surface area (Å²) in [5, 5.41) is 18.4. The van der Waals surface area contributed by atoms with Gasteiger partial charge in [0.15, 0.2) is 5.69 Å². The van der Waals surface area contributed by atoms with Gasteiger partial charge in [0.1, 0.15) is 17.6 Å². The second-order valence-electron chi connectivity index (χ2n) is 5.95. The fourth-order valence-corrected chi connectivity index (χ4v) is 2.58. The van der Waals surface area contributed by atoms with Crippen LogP contribution in [0.4, 0.5) is 0 Å². The molecular weight excluding hydrogens is 318 g/mol. The molecule has 6 nitrogen and oxygen atoms in total. The van der Waals surface area contributed by atoms with Gasteiger partial charge < -0.3 is 14.8 Å². The highest BCUT2D eigenvalue weighted by molar-refractivity contribution is 5.87. The third-order valence-electron chi connectivity index (χ3n) is 3.97. The first-order chi connectivity index (χ1) is 12.1. The van der Waals surface area contributed by atoms with Gasteiger partial charge in [0.05, 0.1) is 12.2 Å². The Kier molecular flexibility index (Phi) is 6.58. The number of carboxylic acid groups (broad SMARTS) is 1. The van der Waals surface area contributed by atoms with E-state index in [4.69, 9.17) is 9.84 Å². The summed E-state index contributed by atoms with van der Waals surface area (Å²) in [5.41, 5.74) is 1.54. The van der Waals surface area contributed by atoms with Gasteiger partial charge in [-0.2, -0.15) is 5.26 Å². The predicted molar refractivity (Wildman–Crippen MR) is 94.7 cm³/mol. The fraction of sp³-hybridized carbons (Fsp3) is 0.421. The summed E-state index contributed by atoms with van der Waals surface area (Å²) in [6.07, 6.45) is 5.73. The zero-order valence-corrected chi connectivity index (χ0v) is 14.6. The number of hydrogen-bond donors (Lipinski definition) is 2. The number of aromatic nitrogens is 2. The van der Waals surface area contributed by atoms with Crippen LogP contribution in [0.3, 0.4) is 0 Å². The topological polar surface area (TPSA) is 99.0 Å². The van der Waals surface area contributed by atoms with Gasteiger partial charge in [-0.15, -0.1) is 0 Å². The Hall–Kier alpha value is -2.81. The highest BCUT2D eigenvalue weighted by atomic mass is 16.5. The van der Waals surface area contributed by atoms with Crippen molar-refractivity contribution in [2.24, 2.45) is 0 Å². The number of unbranched alkanes of at least 4 members (excludes halogenated alkanes) is 4. The highest BCUT2D eigenvalue weighted by Crippen LogP contribution is 2.26. The second kappa shape index (κ2) is 8.88. The van der Waals surface area contributed by atoms with Crippen LogP contribution in [0, 0.1) is 18.3 Å². The third kappa shape index (κ3) is 4.83. The Morgan fingerprint density at radius 3 is 2.72 bits per heavy atom. The molecule has 0 aliphatic carbocycles. The van der Waals surface area contributed by atoms with Crippen LogP contribution in [0.5, 0.6) is 5.75 Å². The van der Waals surface area contributed by atoms with E-state index in [1.807, 2.05) is 0 Å². The van der Waals surface area contributed by atoms with Gasteiger partial charge in [0, 0.05) is 11.3 Å². The summed E-state index contributed by atoms with van der Waals surface area (Å²) >= 11 is 0. The van der Waals surface area contributed by atoms with Crippen LogP contribution < -0.4 is 4.74 Å². The molecule has 0 atom stereocenters. The van der Waals surface area contributed by atoms with Crippen molar-refractivity contribution < 1.29 is 14.6 Å². The van der Waals surface area contributed by atoms with Gasteiger partial charge in [-0.05, 0) is 31.5 Å². The number of nitrogens with zero attached hydrogens (tertiary/aromatic N) is 2. The zero-order chi connectivity index (χ0) is 18.2. The summed E-state index contributed by atoms with van der Waals surface area (Å²) in [7, 11) is 0. The zero-order valence-electron chi connectivity index (χ0n) is 14.6. The minimum atomic E-state index is -1.08. The largest absolute Gasteiger partial charge is 0.492 e. The van der Waals surface area contributed by atoms with Gasteiger partial charge in [-0.1, -0.05) is 32.6 Å². The molecule has 0 fully saturated rings. The van der Waals surface area contributed by atoms with Crippen molar-refractivity contribution in [3.63, 3.8) is 0 Å². The molecule has 1 aromatic heterocycles. The van der Waals surface area contributed by atoms with Crippen molar-refractivity contribution in [3.05, 3.63) is 35.2 Å². The van der Waals surface area contributed by atoms with Gasteiger partial charge in [0.2, 0.25) is 0 Å². The third-order valence-corrected chi connectivity index (χ3v) is 3.97. The number of nitriles is 1. The van der Waals surface area contributed by atoms with Gasteiger partial charge >= 0.3 is 5.97 Å². The molecule has 2 aromatic rings. The van der Waals surface area contributed by atoms with Crippen molar-refractivity contribution in [3.8, 4) is 23.2 Å². The smallest absolute Gasteiger partial charge is 0.356 e. The first-order valence-corrected chi connectivity index (χ1v) is 8.54. The molecule has 0 aliphatic rings. The molecule has 1 aromatic carbocycles. The number of imidazole rings is 1.